The van der Waals surface area contributed by atoms with Crippen LogP contribution in [0.25, 0.3) is 0 Å². The first-order chi connectivity index (χ1) is 15.0. The third-order valence-electron chi connectivity index (χ3n) is 6.62. The van der Waals surface area contributed by atoms with Crippen molar-refractivity contribution in [2.75, 3.05) is 28.2 Å². The zero-order valence-electron chi connectivity index (χ0n) is 17.1. The number of carbonyl (C=O) groups excluding carboxylic acids is 3. The molecule has 2 fully saturated rings. The van der Waals surface area contributed by atoms with Crippen molar-refractivity contribution in [1.29, 1.82) is 0 Å². The molecule has 1 saturated carbocycles. The standard InChI is InChI=1S/C24H24FN3O3/c25-19-6-1-2-7-20(19)26-23(30)17-13-22(29)28(14-17)18-8-9-21-16(12-18)10-11-27(21)24(31)15-4-3-5-15/h1-2,6-9,12,15,17H,3-5,10-11,13-14H2,(H,26,30). The maximum atomic E-state index is 13.8. The summed E-state index contributed by atoms with van der Waals surface area (Å²) in [4.78, 5) is 41.4. The fourth-order valence-electron chi connectivity index (χ4n) is 4.59. The number of rotatable bonds is 4. The zero-order chi connectivity index (χ0) is 21.5. The maximum Gasteiger partial charge on any atom is 0.230 e. The van der Waals surface area contributed by atoms with E-state index < -0.39 is 11.7 Å². The van der Waals surface area contributed by atoms with Gasteiger partial charge in [-0.25, -0.2) is 4.39 Å². The summed E-state index contributed by atoms with van der Waals surface area (Å²) in [6.45, 7) is 0.929. The number of hydrogen-bond donors (Lipinski definition) is 1. The van der Waals surface area contributed by atoms with Crippen LogP contribution in [0.1, 0.15) is 31.2 Å². The van der Waals surface area contributed by atoms with E-state index in [1.54, 1.807) is 17.0 Å². The molecule has 0 spiro atoms. The van der Waals surface area contributed by atoms with Crippen molar-refractivity contribution in [3.63, 3.8) is 0 Å². The van der Waals surface area contributed by atoms with E-state index in [2.05, 4.69) is 5.32 Å². The number of benzene rings is 2. The molecule has 0 aromatic heterocycles. The second-order valence-electron chi connectivity index (χ2n) is 8.56. The Morgan fingerprint density at radius 3 is 2.61 bits per heavy atom. The van der Waals surface area contributed by atoms with Crippen LogP contribution in [0.5, 0.6) is 0 Å². The largest absolute Gasteiger partial charge is 0.323 e. The summed E-state index contributed by atoms with van der Waals surface area (Å²) in [7, 11) is 0. The van der Waals surface area contributed by atoms with Gasteiger partial charge in [-0.1, -0.05) is 18.6 Å². The highest BCUT2D eigenvalue weighted by molar-refractivity contribution is 6.04. The van der Waals surface area contributed by atoms with Crippen LogP contribution in [0.15, 0.2) is 42.5 Å². The van der Waals surface area contributed by atoms with Gasteiger partial charge < -0.3 is 15.1 Å². The average Bonchev–Trinajstić information content (AvgIpc) is 3.31. The van der Waals surface area contributed by atoms with E-state index >= 15 is 0 Å². The van der Waals surface area contributed by atoms with Crippen molar-refractivity contribution in [2.45, 2.75) is 32.1 Å². The lowest BCUT2D eigenvalue weighted by molar-refractivity contribution is -0.124. The summed E-state index contributed by atoms with van der Waals surface area (Å²) in [6, 6.07) is 11.7. The number of amides is 3. The molecule has 31 heavy (non-hydrogen) atoms. The van der Waals surface area contributed by atoms with Gasteiger partial charge in [-0.3, -0.25) is 14.4 Å². The number of nitrogens with zero attached hydrogens (tertiary/aromatic N) is 2. The number of halogens is 1. The Labute approximate surface area is 180 Å². The van der Waals surface area contributed by atoms with Gasteiger partial charge in [0.1, 0.15) is 5.82 Å². The first kappa shape index (κ1) is 19.7. The predicted octanol–water partition coefficient (Wildman–Crippen LogP) is 3.51. The van der Waals surface area contributed by atoms with Crippen LogP contribution in [-0.4, -0.2) is 30.8 Å². The monoisotopic (exact) mass is 421 g/mol. The number of fused-ring (bicyclic) bond motifs is 1. The lowest BCUT2D eigenvalue weighted by atomic mass is 9.84. The number of para-hydroxylation sites is 1. The summed E-state index contributed by atoms with van der Waals surface area (Å²) in [6.07, 6.45) is 3.92. The van der Waals surface area contributed by atoms with E-state index in [0.717, 1.165) is 42.6 Å². The normalized spacial score (nSPS) is 20.5. The van der Waals surface area contributed by atoms with Gasteiger partial charge in [0.25, 0.3) is 0 Å². The number of carbonyl (C=O) groups is 3. The Kier molecular flexibility index (Phi) is 4.96. The molecular formula is C24H24FN3O3. The fourth-order valence-corrected chi connectivity index (χ4v) is 4.59. The van der Waals surface area contributed by atoms with Crippen LogP contribution in [0.3, 0.4) is 0 Å². The van der Waals surface area contributed by atoms with E-state index in [-0.39, 0.29) is 42.3 Å². The van der Waals surface area contributed by atoms with Gasteiger partial charge >= 0.3 is 0 Å². The molecule has 0 bridgehead atoms. The van der Waals surface area contributed by atoms with Crippen LogP contribution in [0.2, 0.25) is 0 Å². The minimum Gasteiger partial charge on any atom is -0.323 e. The molecule has 2 heterocycles. The number of hydrogen-bond acceptors (Lipinski definition) is 3. The number of anilines is 3. The quantitative estimate of drug-likeness (QED) is 0.822. The van der Waals surface area contributed by atoms with E-state index in [9.17, 15) is 18.8 Å². The molecule has 0 radical (unpaired) electrons. The van der Waals surface area contributed by atoms with Gasteiger partial charge in [0.05, 0.1) is 11.6 Å². The van der Waals surface area contributed by atoms with Gasteiger partial charge in [0.2, 0.25) is 17.7 Å². The summed E-state index contributed by atoms with van der Waals surface area (Å²) in [5.74, 6) is -1.18. The van der Waals surface area contributed by atoms with Crippen LogP contribution in [0, 0.1) is 17.7 Å². The Balaban J connectivity index is 1.29. The molecule has 1 saturated heterocycles. The van der Waals surface area contributed by atoms with Gasteiger partial charge in [0, 0.05) is 36.8 Å². The molecule has 3 amide bonds. The smallest absolute Gasteiger partial charge is 0.230 e. The minimum atomic E-state index is -0.544. The zero-order valence-corrected chi connectivity index (χ0v) is 17.1. The molecule has 160 valence electrons. The highest BCUT2D eigenvalue weighted by Gasteiger charge is 2.37. The number of nitrogens with one attached hydrogen (secondary N) is 1. The minimum absolute atomic E-state index is 0.0870. The van der Waals surface area contributed by atoms with Gasteiger partial charge in [0.15, 0.2) is 0 Å². The molecular weight excluding hydrogens is 397 g/mol. The van der Waals surface area contributed by atoms with Gasteiger partial charge in [-0.05, 0) is 55.2 Å². The van der Waals surface area contributed by atoms with Crippen molar-refractivity contribution in [2.24, 2.45) is 11.8 Å². The Bertz CT molecular complexity index is 1070. The Hall–Kier alpha value is -3.22. The molecule has 2 aliphatic heterocycles. The first-order valence-corrected chi connectivity index (χ1v) is 10.8. The molecule has 5 rings (SSSR count). The molecule has 2 aromatic carbocycles. The lowest BCUT2D eigenvalue weighted by Crippen LogP contribution is -2.37. The van der Waals surface area contributed by atoms with Crippen LogP contribution in [-0.2, 0) is 20.8 Å². The molecule has 6 nitrogen and oxygen atoms in total. The molecule has 2 aromatic rings. The van der Waals surface area contributed by atoms with Crippen LogP contribution >= 0.6 is 0 Å². The van der Waals surface area contributed by atoms with E-state index in [0.29, 0.717) is 6.54 Å². The summed E-state index contributed by atoms with van der Waals surface area (Å²) in [5, 5.41) is 2.59. The van der Waals surface area contributed by atoms with Crippen molar-refractivity contribution >= 4 is 34.8 Å². The molecule has 1 aliphatic carbocycles. The SMILES string of the molecule is O=C(Nc1ccccc1F)C1CC(=O)N(c2ccc3c(c2)CCN3C(=O)C2CCC2)C1. The summed E-state index contributed by atoms with van der Waals surface area (Å²) >= 11 is 0. The van der Waals surface area contributed by atoms with Gasteiger partial charge in [-0.2, -0.15) is 0 Å². The second kappa shape index (κ2) is 7.80. The Morgan fingerprint density at radius 1 is 1.06 bits per heavy atom. The van der Waals surface area contributed by atoms with Gasteiger partial charge in [-0.15, -0.1) is 0 Å². The van der Waals surface area contributed by atoms with E-state index in [1.807, 2.05) is 23.1 Å². The first-order valence-electron chi connectivity index (χ1n) is 10.8. The van der Waals surface area contributed by atoms with Crippen molar-refractivity contribution in [3.8, 4) is 0 Å². The lowest BCUT2D eigenvalue weighted by Gasteiger charge is -2.29. The third kappa shape index (κ3) is 3.58. The highest BCUT2D eigenvalue weighted by Crippen LogP contribution is 2.37. The molecule has 1 atom stereocenters. The average molecular weight is 421 g/mol. The molecule has 1 N–H and O–H groups in total. The Morgan fingerprint density at radius 2 is 1.87 bits per heavy atom. The maximum absolute atomic E-state index is 13.8. The third-order valence-corrected chi connectivity index (χ3v) is 6.62. The van der Waals surface area contributed by atoms with E-state index in [1.165, 1.54) is 12.1 Å². The van der Waals surface area contributed by atoms with Crippen molar-refractivity contribution < 1.29 is 18.8 Å². The molecule has 1 unspecified atom stereocenters. The van der Waals surface area contributed by atoms with Crippen molar-refractivity contribution in [1.82, 2.24) is 0 Å². The fraction of sp³-hybridized carbons (Fsp3) is 0.375. The van der Waals surface area contributed by atoms with Crippen LogP contribution < -0.4 is 15.1 Å². The van der Waals surface area contributed by atoms with E-state index in [4.69, 9.17) is 0 Å². The molecule has 3 aliphatic rings. The van der Waals surface area contributed by atoms with Crippen LogP contribution in [0.4, 0.5) is 21.5 Å². The van der Waals surface area contributed by atoms with Crippen molar-refractivity contribution in [3.05, 3.63) is 53.8 Å². The topological polar surface area (TPSA) is 69.7 Å². The second-order valence-corrected chi connectivity index (χ2v) is 8.56. The summed E-state index contributed by atoms with van der Waals surface area (Å²) in [5.41, 5.74) is 2.84. The molecule has 7 heteroatoms. The predicted molar refractivity (Wildman–Crippen MR) is 115 cm³/mol. The highest BCUT2D eigenvalue weighted by atomic mass is 19.1. The summed E-state index contributed by atoms with van der Waals surface area (Å²) < 4.78 is 13.8.